The number of para-hydroxylation sites is 2. The lowest BCUT2D eigenvalue weighted by Gasteiger charge is -2.15. The van der Waals surface area contributed by atoms with E-state index in [1.165, 1.54) is 0 Å². The molecule has 0 fully saturated rings. The molecule has 1 amide bonds. The maximum absolute atomic E-state index is 13.1. The molecule has 5 aromatic rings. The van der Waals surface area contributed by atoms with E-state index in [2.05, 4.69) is 10.4 Å². The molecule has 5 rings (SSSR count). The summed E-state index contributed by atoms with van der Waals surface area (Å²) in [5.74, 6) is 0.406. The van der Waals surface area contributed by atoms with Gasteiger partial charge in [-0.1, -0.05) is 42.0 Å². The maximum Gasteiger partial charge on any atom is 0.245 e. The van der Waals surface area contributed by atoms with E-state index in [-0.39, 0.29) is 17.9 Å². The van der Waals surface area contributed by atoms with E-state index in [9.17, 15) is 9.59 Å². The van der Waals surface area contributed by atoms with Crippen LogP contribution in [0, 0.1) is 13.8 Å². The monoisotopic (exact) mass is 422 g/mol. The van der Waals surface area contributed by atoms with Crippen LogP contribution in [0.4, 0.5) is 5.82 Å². The van der Waals surface area contributed by atoms with Crippen molar-refractivity contribution in [1.82, 2.24) is 14.3 Å². The summed E-state index contributed by atoms with van der Waals surface area (Å²) in [7, 11) is 0. The van der Waals surface area contributed by atoms with Gasteiger partial charge in [-0.2, -0.15) is 5.10 Å². The minimum Gasteiger partial charge on any atom is -0.331 e. The molecule has 0 unspecified atom stereocenters. The van der Waals surface area contributed by atoms with Gasteiger partial charge in [0.05, 0.1) is 22.4 Å². The lowest BCUT2D eigenvalue weighted by molar-refractivity contribution is -0.116. The van der Waals surface area contributed by atoms with E-state index in [0.29, 0.717) is 16.6 Å². The van der Waals surface area contributed by atoms with E-state index in [1.54, 1.807) is 16.8 Å². The molecule has 0 atom stereocenters. The number of anilines is 1. The summed E-state index contributed by atoms with van der Waals surface area (Å²) in [5, 5.41) is 8.73. The van der Waals surface area contributed by atoms with Crippen molar-refractivity contribution < 1.29 is 4.79 Å². The molecule has 0 aliphatic carbocycles. The fraction of sp³-hybridized carbons (Fsp3) is 0.115. The Kier molecular flexibility index (Phi) is 4.82. The number of hydrogen-bond acceptors (Lipinski definition) is 3. The standard InChI is InChI=1S/C26H22N4O2/c1-17-11-13-19(14-12-17)30-24(15-18(2)28-30)27-25(31)16-29-22-9-5-3-7-20(22)26(32)21-8-4-6-10-23(21)29/h3-15H,16H2,1-2H3,(H,27,31). The zero-order valence-corrected chi connectivity index (χ0v) is 17.9. The highest BCUT2D eigenvalue weighted by Gasteiger charge is 2.15. The highest BCUT2D eigenvalue weighted by molar-refractivity contribution is 5.97. The third-order valence-electron chi connectivity index (χ3n) is 5.56. The fourth-order valence-corrected chi connectivity index (χ4v) is 4.04. The molecule has 158 valence electrons. The van der Waals surface area contributed by atoms with Crippen LogP contribution in [-0.2, 0) is 11.3 Å². The van der Waals surface area contributed by atoms with Gasteiger partial charge in [-0.25, -0.2) is 4.68 Å². The molecule has 0 saturated heterocycles. The molecule has 0 aliphatic rings. The summed E-state index contributed by atoms with van der Waals surface area (Å²) in [6.07, 6.45) is 0. The summed E-state index contributed by atoms with van der Waals surface area (Å²) < 4.78 is 3.62. The second kappa shape index (κ2) is 7.81. The second-order valence-corrected chi connectivity index (χ2v) is 7.92. The number of carbonyl (C=O) groups excluding carboxylic acids is 1. The van der Waals surface area contributed by atoms with Crippen LogP contribution in [0.15, 0.2) is 83.7 Å². The van der Waals surface area contributed by atoms with Gasteiger partial charge in [0.2, 0.25) is 5.91 Å². The number of carbonyl (C=O) groups is 1. The largest absolute Gasteiger partial charge is 0.331 e. The van der Waals surface area contributed by atoms with Gasteiger partial charge in [0, 0.05) is 16.8 Å². The third-order valence-corrected chi connectivity index (χ3v) is 5.56. The Balaban J connectivity index is 1.54. The van der Waals surface area contributed by atoms with E-state index in [4.69, 9.17) is 0 Å². The van der Waals surface area contributed by atoms with Gasteiger partial charge >= 0.3 is 0 Å². The Morgan fingerprint density at radius 1 is 0.875 bits per heavy atom. The van der Waals surface area contributed by atoms with Gasteiger partial charge in [0.1, 0.15) is 12.4 Å². The van der Waals surface area contributed by atoms with Crippen LogP contribution >= 0.6 is 0 Å². The van der Waals surface area contributed by atoms with Gasteiger partial charge in [0.15, 0.2) is 5.43 Å². The lowest BCUT2D eigenvalue weighted by Crippen LogP contribution is -2.22. The maximum atomic E-state index is 13.1. The fourth-order valence-electron chi connectivity index (χ4n) is 4.04. The van der Waals surface area contributed by atoms with Gasteiger partial charge < -0.3 is 9.88 Å². The SMILES string of the molecule is Cc1ccc(-n2nc(C)cc2NC(=O)Cn2c3ccccc3c(=O)c3ccccc32)cc1. The van der Waals surface area contributed by atoms with Crippen molar-refractivity contribution in [2.45, 2.75) is 20.4 Å². The average Bonchev–Trinajstić information content (AvgIpc) is 3.17. The minimum absolute atomic E-state index is 0.0269. The predicted octanol–water partition coefficient (Wildman–Crippen LogP) is 4.60. The highest BCUT2D eigenvalue weighted by atomic mass is 16.2. The lowest BCUT2D eigenvalue weighted by atomic mass is 10.1. The molecule has 1 N–H and O–H groups in total. The Morgan fingerprint density at radius 2 is 1.47 bits per heavy atom. The Morgan fingerprint density at radius 3 is 2.09 bits per heavy atom. The van der Waals surface area contributed by atoms with E-state index in [1.807, 2.05) is 85.1 Å². The van der Waals surface area contributed by atoms with Crippen molar-refractivity contribution in [3.05, 3.63) is 100 Å². The molecule has 0 radical (unpaired) electrons. The molecule has 32 heavy (non-hydrogen) atoms. The van der Waals surface area contributed by atoms with Crippen molar-refractivity contribution in [2.75, 3.05) is 5.32 Å². The molecule has 0 aliphatic heterocycles. The van der Waals surface area contributed by atoms with Crippen LogP contribution in [0.25, 0.3) is 27.5 Å². The number of fused-ring (bicyclic) bond motifs is 2. The van der Waals surface area contributed by atoms with Gasteiger partial charge in [-0.3, -0.25) is 9.59 Å². The summed E-state index contributed by atoms with van der Waals surface area (Å²) in [6, 6.07) is 24.6. The van der Waals surface area contributed by atoms with Crippen LogP contribution in [0.3, 0.4) is 0 Å². The number of pyridine rings is 1. The predicted molar refractivity (Wildman–Crippen MR) is 127 cm³/mol. The molecule has 0 spiro atoms. The van der Waals surface area contributed by atoms with Crippen molar-refractivity contribution >= 4 is 33.5 Å². The smallest absolute Gasteiger partial charge is 0.245 e. The van der Waals surface area contributed by atoms with E-state index >= 15 is 0 Å². The highest BCUT2D eigenvalue weighted by Crippen LogP contribution is 2.21. The zero-order valence-electron chi connectivity index (χ0n) is 17.9. The number of rotatable bonds is 4. The normalized spacial score (nSPS) is 11.2. The first kappa shape index (κ1) is 19.8. The minimum atomic E-state index is -0.197. The summed E-state index contributed by atoms with van der Waals surface area (Å²) in [5.41, 5.74) is 4.27. The van der Waals surface area contributed by atoms with Crippen molar-refractivity contribution in [3.8, 4) is 5.69 Å². The molecule has 3 aromatic carbocycles. The molecule has 2 aromatic heterocycles. The van der Waals surface area contributed by atoms with Crippen LogP contribution in [0.1, 0.15) is 11.3 Å². The van der Waals surface area contributed by atoms with Crippen molar-refractivity contribution in [2.24, 2.45) is 0 Å². The first-order valence-corrected chi connectivity index (χ1v) is 10.4. The topological polar surface area (TPSA) is 68.9 Å². The number of aryl methyl sites for hydroxylation is 2. The van der Waals surface area contributed by atoms with Crippen LogP contribution in [0.5, 0.6) is 0 Å². The summed E-state index contributed by atoms with van der Waals surface area (Å²) in [6.45, 7) is 3.99. The molecule has 6 heteroatoms. The second-order valence-electron chi connectivity index (χ2n) is 7.92. The third kappa shape index (κ3) is 3.46. The Labute approximate surface area is 184 Å². The van der Waals surface area contributed by atoms with Crippen LogP contribution in [0.2, 0.25) is 0 Å². The number of nitrogens with zero attached hydrogens (tertiary/aromatic N) is 3. The summed E-state index contributed by atoms with van der Waals surface area (Å²) in [4.78, 5) is 26.1. The Hall–Kier alpha value is -4.19. The first-order chi connectivity index (χ1) is 15.5. The zero-order chi connectivity index (χ0) is 22.2. The molecular formula is C26H22N4O2. The van der Waals surface area contributed by atoms with Gasteiger partial charge in [0.25, 0.3) is 0 Å². The van der Waals surface area contributed by atoms with Crippen molar-refractivity contribution in [1.29, 1.82) is 0 Å². The first-order valence-electron chi connectivity index (χ1n) is 10.4. The number of aromatic nitrogens is 3. The average molecular weight is 422 g/mol. The number of hydrogen-bond donors (Lipinski definition) is 1. The van der Waals surface area contributed by atoms with Gasteiger partial charge in [-0.15, -0.1) is 0 Å². The van der Waals surface area contributed by atoms with Gasteiger partial charge in [-0.05, 0) is 50.2 Å². The van der Waals surface area contributed by atoms with Crippen LogP contribution in [-0.4, -0.2) is 20.3 Å². The molecular weight excluding hydrogens is 400 g/mol. The Bertz CT molecular complexity index is 1470. The van der Waals surface area contributed by atoms with Crippen molar-refractivity contribution in [3.63, 3.8) is 0 Å². The van der Waals surface area contributed by atoms with E-state index in [0.717, 1.165) is 28.0 Å². The number of benzene rings is 3. The molecule has 0 saturated carbocycles. The quantitative estimate of drug-likeness (QED) is 0.431. The molecule has 0 bridgehead atoms. The molecule has 2 heterocycles. The molecule has 6 nitrogen and oxygen atoms in total. The van der Waals surface area contributed by atoms with E-state index < -0.39 is 0 Å². The van der Waals surface area contributed by atoms with Crippen LogP contribution < -0.4 is 10.7 Å². The number of nitrogens with one attached hydrogen (secondary N) is 1. The summed E-state index contributed by atoms with van der Waals surface area (Å²) >= 11 is 0. The number of amides is 1.